The van der Waals surface area contributed by atoms with Crippen LogP contribution < -0.4 is 4.72 Å². The Morgan fingerprint density at radius 2 is 1.89 bits per heavy atom. The zero-order valence-electron chi connectivity index (χ0n) is 10.8. The van der Waals surface area contributed by atoms with Crippen molar-refractivity contribution in [1.82, 2.24) is 4.72 Å². The highest BCUT2D eigenvalue weighted by Crippen LogP contribution is 2.13. The summed E-state index contributed by atoms with van der Waals surface area (Å²) in [5.74, 6) is -0.574. The summed E-state index contributed by atoms with van der Waals surface area (Å²) in [5, 5.41) is 0. The number of sulfone groups is 1. The van der Waals surface area contributed by atoms with Crippen LogP contribution in [-0.2, 0) is 29.4 Å². The van der Waals surface area contributed by atoms with E-state index < -0.39 is 25.8 Å². The molecule has 7 nitrogen and oxygen atoms in total. The molecule has 9 heteroatoms. The van der Waals surface area contributed by atoms with Crippen LogP contribution in [0.15, 0.2) is 0 Å². The molecule has 1 aliphatic heterocycles. The Kier molecular flexibility index (Phi) is 5.75. The number of sulfonamides is 1. The molecule has 19 heavy (non-hydrogen) atoms. The number of nitrogens with one attached hydrogen (secondary N) is 1. The maximum atomic E-state index is 11.7. The van der Waals surface area contributed by atoms with Crippen molar-refractivity contribution < 1.29 is 26.4 Å². The summed E-state index contributed by atoms with van der Waals surface area (Å²) < 4.78 is 52.8. The first-order valence-electron chi connectivity index (χ1n) is 6.01. The van der Waals surface area contributed by atoms with E-state index in [4.69, 9.17) is 0 Å². The van der Waals surface area contributed by atoms with Crippen LogP contribution >= 0.6 is 0 Å². The molecule has 0 bridgehead atoms. The molecular weight excluding hydrogens is 294 g/mol. The Labute approximate surface area is 113 Å². The van der Waals surface area contributed by atoms with Crippen molar-refractivity contribution in [3.8, 4) is 0 Å². The fourth-order valence-electron chi connectivity index (χ4n) is 1.83. The van der Waals surface area contributed by atoms with Gasteiger partial charge in [-0.25, -0.2) is 21.6 Å². The fraction of sp³-hybridized carbons (Fsp3) is 0.900. The summed E-state index contributed by atoms with van der Waals surface area (Å²) in [6.45, 7) is 0. The summed E-state index contributed by atoms with van der Waals surface area (Å²) >= 11 is 0. The number of rotatable bonds is 6. The minimum Gasteiger partial charge on any atom is -0.469 e. The van der Waals surface area contributed by atoms with E-state index in [1.807, 2.05) is 0 Å². The summed E-state index contributed by atoms with van der Waals surface area (Å²) in [6, 6.07) is -0.327. The van der Waals surface area contributed by atoms with Crippen molar-refractivity contribution >= 4 is 25.8 Å². The van der Waals surface area contributed by atoms with E-state index in [-0.39, 0.29) is 36.1 Å². The van der Waals surface area contributed by atoms with Gasteiger partial charge in [-0.3, -0.25) is 4.79 Å². The van der Waals surface area contributed by atoms with Gasteiger partial charge in [-0.15, -0.1) is 0 Å². The van der Waals surface area contributed by atoms with Gasteiger partial charge in [0.2, 0.25) is 10.0 Å². The molecule has 1 heterocycles. The highest BCUT2D eigenvalue weighted by molar-refractivity contribution is 7.91. The van der Waals surface area contributed by atoms with E-state index in [0.717, 1.165) is 0 Å². The Bertz CT molecular complexity index is 496. The minimum atomic E-state index is -3.47. The van der Waals surface area contributed by atoms with E-state index in [0.29, 0.717) is 12.8 Å². The normalized spacial score (nSPS) is 20.1. The molecule has 0 spiro atoms. The first kappa shape index (κ1) is 16.4. The molecule has 0 aliphatic carbocycles. The van der Waals surface area contributed by atoms with Gasteiger partial charge in [-0.05, 0) is 19.3 Å². The van der Waals surface area contributed by atoms with Gasteiger partial charge in [0.1, 0.15) is 9.84 Å². The lowest BCUT2D eigenvalue weighted by Crippen LogP contribution is -2.41. The number of carbonyl (C=O) groups is 1. The standard InChI is InChI=1S/C10H19NO6S2/c1-17-10(12)3-2-6-19(15,16)11-9-4-7-18(13,14)8-5-9/h9,11H,2-8H2,1H3. The highest BCUT2D eigenvalue weighted by Gasteiger charge is 2.26. The van der Waals surface area contributed by atoms with Gasteiger partial charge in [0.05, 0.1) is 24.4 Å². The van der Waals surface area contributed by atoms with Crippen LogP contribution in [0.2, 0.25) is 0 Å². The van der Waals surface area contributed by atoms with Crippen molar-refractivity contribution in [2.24, 2.45) is 0 Å². The number of carbonyl (C=O) groups excluding carboxylic acids is 1. The van der Waals surface area contributed by atoms with Gasteiger partial charge in [-0.1, -0.05) is 0 Å². The Hall–Kier alpha value is -0.670. The van der Waals surface area contributed by atoms with Gasteiger partial charge in [0, 0.05) is 12.5 Å². The first-order chi connectivity index (χ1) is 8.74. The van der Waals surface area contributed by atoms with E-state index in [1.54, 1.807) is 0 Å². The maximum absolute atomic E-state index is 11.7. The van der Waals surface area contributed by atoms with Crippen LogP contribution in [0.3, 0.4) is 0 Å². The monoisotopic (exact) mass is 313 g/mol. The molecule has 1 fully saturated rings. The number of esters is 1. The van der Waals surface area contributed by atoms with Crippen LogP contribution in [0.5, 0.6) is 0 Å². The van der Waals surface area contributed by atoms with E-state index >= 15 is 0 Å². The second-order valence-electron chi connectivity index (χ2n) is 4.54. The van der Waals surface area contributed by atoms with Crippen LogP contribution in [0.25, 0.3) is 0 Å². The van der Waals surface area contributed by atoms with Crippen molar-refractivity contribution in [2.75, 3.05) is 24.4 Å². The van der Waals surface area contributed by atoms with E-state index in [2.05, 4.69) is 9.46 Å². The van der Waals surface area contributed by atoms with Crippen LogP contribution in [0.1, 0.15) is 25.7 Å². The van der Waals surface area contributed by atoms with Crippen molar-refractivity contribution in [2.45, 2.75) is 31.7 Å². The molecule has 0 unspecified atom stereocenters. The Balaban J connectivity index is 2.37. The van der Waals surface area contributed by atoms with Gasteiger partial charge >= 0.3 is 5.97 Å². The van der Waals surface area contributed by atoms with Gasteiger partial charge in [0.15, 0.2) is 0 Å². The van der Waals surface area contributed by atoms with Gasteiger partial charge in [0.25, 0.3) is 0 Å². The van der Waals surface area contributed by atoms with Crippen molar-refractivity contribution in [3.63, 3.8) is 0 Å². The molecule has 0 aromatic rings. The predicted molar refractivity (Wildman–Crippen MR) is 69.8 cm³/mol. The minimum absolute atomic E-state index is 0.0162. The molecule has 1 N–H and O–H groups in total. The van der Waals surface area contributed by atoms with Gasteiger partial charge in [-0.2, -0.15) is 0 Å². The zero-order chi connectivity index (χ0) is 14.5. The number of methoxy groups -OCH3 is 1. The zero-order valence-corrected chi connectivity index (χ0v) is 12.4. The number of hydrogen-bond acceptors (Lipinski definition) is 6. The van der Waals surface area contributed by atoms with Crippen LogP contribution in [0, 0.1) is 0 Å². The number of hydrogen-bond donors (Lipinski definition) is 1. The molecule has 112 valence electrons. The molecule has 0 saturated carbocycles. The topological polar surface area (TPSA) is 107 Å². The highest BCUT2D eigenvalue weighted by atomic mass is 32.2. The summed E-state index contributed by atoms with van der Waals surface area (Å²) in [6.07, 6.45) is 0.848. The molecule has 1 saturated heterocycles. The molecule has 1 rings (SSSR count). The van der Waals surface area contributed by atoms with E-state index in [9.17, 15) is 21.6 Å². The first-order valence-corrected chi connectivity index (χ1v) is 9.49. The molecule has 0 atom stereocenters. The average Bonchev–Trinajstić information content (AvgIpc) is 2.31. The molecule has 1 aliphatic rings. The second kappa shape index (κ2) is 6.67. The average molecular weight is 313 g/mol. The lowest BCUT2D eigenvalue weighted by molar-refractivity contribution is -0.140. The molecule has 0 aromatic carbocycles. The quantitative estimate of drug-likeness (QED) is 0.659. The van der Waals surface area contributed by atoms with Gasteiger partial charge < -0.3 is 4.74 Å². The van der Waals surface area contributed by atoms with Crippen molar-refractivity contribution in [3.05, 3.63) is 0 Å². The summed E-state index contributed by atoms with van der Waals surface area (Å²) in [5.41, 5.74) is 0. The van der Waals surface area contributed by atoms with E-state index in [1.165, 1.54) is 7.11 Å². The molecule has 0 amide bonds. The van der Waals surface area contributed by atoms with Crippen LogP contribution in [-0.4, -0.2) is 53.2 Å². The summed E-state index contributed by atoms with van der Waals surface area (Å²) in [7, 11) is -5.23. The third-order valence-electron chi connectivity index (χ3n) is 2.92. The lowest BCUT2D eigenvalue weighted by atomic mass is 10.2. The predicted octanol–water partition coefficient (Wildman–Crippen LogP) is -0.564. The largest absolute Gasteiger partial charge is 0.469 e. The molecule has 0 radical (unpaired) electrons. The smallest absolute Gasteiger partial charge is 0.305 e. The maximum Gasteiger partial charge on any atom is 0.305 e. The SMILES string of the molecule is COC(=O)CCCS(=O)(=O)NC1CCS(=O)(=O)CC1. The lowest BCUT2D eigenvalue weighted by Gasteiger charge is -2.22. The Morgan fingerprint density at radius 3 is 2.42 bits per heavy atom. The second-order valence-corrected chi connectivity index (χ2v) is 8.72. The van der Waals surface area contributed by atoms with Crippen LogP contribution in [0.4, 0.5) is 0 Å². The fourth-order valence-corrected chi connectivity index (χ4v) is 4.71. The molecule has 0 aromatic heterocycles. The number of ether oxygens (including phenoxy) is 1. The van der Waals surface area contributed by atoms with Crippen molar-refractivity contribution in [1.29, 1.82) is 0 Å². The summed E-state index contributed by atoms with van der Waals surface area (Å²) in [4.78, 5) is 10.9. The third kappa shape index (κ3) is 6.35. The molecular formula is C10H19NO6S2. The third-order valence-corrected chi connectivity index (χ3v) is 6.16. The Morgan fingerprint density at radius 1 is 1.32 bits per heavy atom.